The molecule has 4 aliphatic heterocycles. The number of likely N-dealkylation sites (tertiary alicyclic amines) is 2. The summed E-state index contributed by atoms with van der Waals surface area (Å²) in [6.07, 6.45) is 11.1. The van der Waals surface area contributed by atoms with Gasteiger partial charge in [0, 0.05) is 45.9 Å². The molecule has 2 saturated heterocycles. The van der Waals surface area contributed by atoms with Crippen LogP contribution in [-0.4, -0.2) is 144 Å². The Morgan fingerprint density at radius 1 is 0.632 bits per heavy atom. The lowest BCUT2D eigenvalue weighted by Gasteiger charge is -2.56. The summed E-state index contributed by atoms with van der Waals surface area (Å²) in [4.78, 5) is 48.1. The Hall–Kier alpha value is -2.94. The lowest BCUT2D eigenvalue weighted by atomic mass is 9.53. The van der Waals surface area contributed by atoms with Gasteiger partial charge in [0.25, 0.3) is 0 Å². The second-order valence-corrected chi connectivity index (χ2v) is 17.3. The highest BCUT2D eigenvalue weighted by Crippen LogP contribution is 2.64. The van der Waals surface area contributed by atoms with Crippen molar-refractivity contribution < 1.29 is 84.1 Å². The van der Waals surface area contributed by atoms with Crippen LogP contribution in [-0.2, 0) is 32.8 Å². The van der Waals surface area contributed by atoms with E-state index in [1.165, 1.54) is 22.3 Å². The molecule has 4 heterocycles. The van der Waals surface area contributed by atoms with Crippen LogP contribution in [0.1, 0.15) is 35.1 Å². The maximum atomic E-state index is 10.6. The first-order chi connectivity index (χ1) is 25.3. The van der Waals surface area contributed by atoms with Gasteiger partial charge >= 0.3 is 15.6 Å². The molecule has 2 aromatic carbocycles. The van der Waals surface area contributed by atoms with E-state index in [2.05, 4.69) is 48.2 Å². The van der Waals surface area contributed by atoms with Gasteiger partial charge in [0.05, 0.1) is 14.2 Å². The van der Waals surface area contributed by atoms with Crippen molar-refractivity contribution in [3.8, 4) is 23.0 Å². The first-order valence-corrected chi connectivity index (χ1v) is 20.9. The van der Waals surface area contributed by atoms with Gasteiger partial charge in [-0.05, 0) is 76.1 Å². The normalized spacial score (nSPS) is 33.8. The second kappa shape index (κ2) is 16.6. The maximum absolute atomic E-state index is 10.6. The lowest BCUT2D eigenvalue weighted by molar-refractivity contribution is -0.0453. The van der Waals surface area contributed by atoms with Gasteiger partial charge in [-0.15, -0.1) is 0 Å². The van der Waals surface area contributed by atoms with Crippen LogP contribution in [0, 0.1) is 11.8 Å². The van der Waals surface area contributed by atoms with E-state index in [0.29, 0.717) is 23.9 Å². The van der Waals surface area contributed by atoms with Crippen molar-refractivity contribution >= 4 is 15.6 Å². The summed E-state index contributed by atoms with van der Waals surface area (Å²) in [6, 6.07) is 9.40. The van der Waals surface area contributed by atoms with E-state index < -0.39 is 27.9 Å². The van der Waals surface area contributed by atoms with Crippen molar-refractivity contribution in [2.24, 2.45) is 11.8 Å². The topological polar surface area (TPSA) is 334 Å². The minimum absolute atomic E-state index is 0. The molecule has 8 aliphatic rings. The molecular weight excluding hydrogens is 794 g/mol. The fourth-order valence-corrected chi connectivity index (χ4v) is 10.8. The number of aliphatic hydroxyl groups is 2. The van der Waals surface area contributed by atoms with Crippen molar-refractivity contribution in [3.05, 3.63) is 70.8 Å². The molecule has 19 nitrogen and oxygen atoms in total. The van der Waals surface area contributed by atoms with Crippen molar-refractivity contribution in [3.63, 3.8) is 0 Å². The zero-order valence-corrected chi connectivity index (χ0v) is 33.6. The average Bonchev–Trinajstić information content (AvgIpc) is 3.63. The fraction of sp³-hybridized carbons (Fsp3) is 0.556. The number of phosphoric acid groups is 2. The van der Waals surface area contributed by atoms with E-state index in [9.17, 15) is 10.2 Å². The molecule has 0 radical (unpaired) electrons. The first kappa shape index (κ1) is 46.7. The number of likely N-dealkylation sites (N-methyl/N-ethyl adjacent to an activating group) is 2. The molecule has 2 aromatic rings. The second-order valence-electron chi connectivity index (χ2n) is 15.3. The molecule has 2 spiro atoms. The number of hydrogen-bond acceptors (Lipinski definition) is 10. The summed E-state index contributed by atoms with van der Waals surface area (Å²) in [5.41, 5.74) is 5.21. The number of benzene rings is 2. The summed E-state index contributed by atoms with van der Waals surface area (Å²) < 4.78 is 41.4. The molecule has 14 N–H and O–H groups in total. The Labute approximate surface area is 329 Å². The maximum Gasteiger partial charge on any atom is 0.466 e. The van der Waals surface area contributed by atoms with Gasteiger partial charge in [0.1, 0.15) is 24.4 Å². The third kappa shape index (κ3) is 7.81. The molecule has 21 heteroatoms. The molecule has 4 bridgehead atoms. The van der Waals surface area contributed by atoms with Gasteiger partial charge in [-0.2, -0.15) is 0 Å². The predicted octanol–water partition coefficient (Wildman–Crippen LogP) is -1.33. The Balaban J connectivity index is 0.000000197. The van der Waals surface area contributed by atoms with Crippen LogP contribution in [0.3, 0.4) is 0 Å². The van der Waals surface area contributed by atoms with E-state index in [0.717, 1.165) is 61.8 Å². The molecule has 10 atom stereocenters. The van der Waals surface area contributed by atoms with Crippen LogP contribution in [0.2, 0.25) is 0 Å². The van der Waals surface area contributed by atoms with E-state index >= 15 is 0 Å². The number of nitrogens with zero attached hydrogens (tertiary/aromatic N) is 2. The fourth-order valence-electron chi connectivity index (χ4n) is 10.8. The summed E-state index contributed by atoms with van der Waals surface area (Å²) in [7, 11) is -1.46. The first-order valence-electron chi connectivity index (χ1n) is 17.8. The Bertz CT molecular complexity index is 1800. The van der Waals surface area contributed by atoms with Crippen molar-refractivity contribution in [2.45, 2.75) is 73.0 Å². The van der Waals surface area contributed by atoms with Crippen molar-refractivity contribution in [2.75, 3.05) is 41.4 Å². The van der Waals surface area contributed by atoms with Crippen LogP contribution >= 0.6 is 15.6 Å². The Kier molecular flexibility index (Phi) is 13.6. The summed E-state index contributed by atoms with van der Waals surface area (Å²) in [6.45, 7) is 2.11. The molecule has 10 rings (SSSR count). The predicted molar refractivity (Wildman–Crippen MR) is 204 cm³/mol. The lowest BCUT2D eigenvalue weighted by Crippen LogP contribution is -2.64. The van der Waals surface area contributed by atoms with Crippen LogP contribution in [0.15, 0.2) is 48.6 Å². The van der Waals surface area contributed by atoms with E-state index in [-0.39, 0.29) is 39.5 Å². The van der Waals surface area contributed by atoms with Crippen LogP contribution in [0.5, 0.6) is 23.0 Å². The molecule has 10 unspecified atom stereocenters. The third-order valence-corrected chi connectivity index (χ3v) is 12.7. The van der Waals surface area contributed by atoms with Gasteiger partial charge in [-0.3, -0.25) is 0 Å². The number of ether oxygens (including phenoxy) is 4. The summed E-state index contributed by atoms with van der Waals surface area (Å²) in [5.74, 6) is 4.18. The smallest absolute Gasteiger partial charge is 0.466 e. The number of hydrogen-bond donors (Lipinski definition) is 8. The van der Waals surface area contributed by atoms with E-state index in [4.69, 9.17) is 57.4 Å². The minimum atomic E-state index is -4.64. The molecule has 0 amide bonds. The standard InChI is InChI=1S/2C18H21NO3.2H3O4P.3H2O/c2*1-19-8-7-18-11-4-5-13(20)17(18)22-16-14(21-2)6-3-10(15(16)18)9-12(11)19;2*1-5(2,3)4;;;/h2*3-6,11-13,17,20H,7-9H2,1-2H3;2*(H3,1,2,3,4);3*1H2. The quantitative estimate of drug-likeness (QED) is 0.128. The van der Waals surface area contributed by atoms with Crippen LogP contribution < -0.4 is 18.9 Å². The number of methoxy groups -OCH3 is 2. The summed E-state index contributed by atoms with van der Waals surface area (Å²) in [5, 5.41) is 21.1. The molecule has 0 aromatic heterocycles. The highest BCUT2D eigenvalue weighted by molar-refractivity contribution is 7.45. The number of rotatable bonds is 2. The number of piperidine rings is 2. The molecule has 4 aliphatic carbocycles. The molecule has 2 fully saturated rings. The Morgan fingerprint density at radius 3 is 1.28 bits per heavy atom. The summed E-state index contributed by atoms with van der Waals surface area (Å²) >= 11 is 0. The van der Waals surface area contributed by atoms with E-state index in [1.807, 2.05) is 24.3 Å². The van der Waals surface area contributed by atoms with Crippen LogP contribution in [0.4, 0.5) is 0 Å². The van der Waals surface area contributed by atoms with Gasteiger partial charge in [-0.25, -0.2) is 9.13 Å². The molecule has 57 heavy (non-hydrogen) atoms. The van der Waals surface area contributed by atoms with Gasteiger partial charge in [0.2, 0.25) is 0 Å². The zero-order valence-electron chi connectivity index (χ0n) is 31.8. The van der Waals surface area contributed by atoms with Crippen molar-refractivity contribution in [1.29, 1.82) is 0 Å². The van der Waals surface area contributed by atoms with E-state index in [1.54, 1.807) is 14.2 Å². The molecular formula is C36H54N2O17P2. The number of aliphatic hydroxyl groups excluding tert-OH is 2. The highest BCUT2D eigenvalue weighted by atomic mass is 31.2. The molecule has 0 saturated carbocycles. The highest BCUT2D eigenvalue weighted by Gasteiger charge is 2.65. The van der Waals surface area contributed by atoms with Crippen LogP contribution in [0.25, 0.3) is 0 Å². The Morgan fingerprint density at radius 2 is 0.965 bits per heavy atom. The monoisotopic (exact) mass is 848 g/mol. The largest absolute Gasteiger partial charge is 0.493 e. The minimum Gasteiger partial charge on any atom is -0.493 e. The third-order valence-electron chi connectivity index (χ3n) is 12.7. The average molecular weight is 849 g/mol. The van der Waals surface area contributed by atoms with Gasteiger partial charge < -0.3 is 84.7 Å². The van der Waals surface area contributed by atoms with Gasteiger partial charge in [-0.1, -0.05) is 36.4 Å². The SMILES string of the molecule is COc1ccc2c3c1OC1C(O)C=CC4C(C2)N(C)CCC341.COc1ccc2c3c1OC1C(O)C=CC4C(C2)N(C)CCC341.O.O.O.O=P(O)(O)O.O=P(O)(O)O. The zero-order chi connectivity index (χ0) is 39.1. The van der Waals surface area contributed by atoms with Gasteiger partial charge in [0.15, 0.2) is 23.0 Å². The molecule has 320 valence electrons. The van der Waals surface area contributed by atoms with Crippen molar-refractivity contribution in [1.82, 2.24) is 9.80 Å².